The molecule has 1 aromatic carbocycles. The minimum atomic E-state index is -0.425. The molecule has 1 aromatic rings. The van der Waals surface area contributed by atoms with E-state index in [4.69, 9.17) is 4.74 Å². The summed E-state index contributed by atoms with van der Waals surface area (Å²) in [5, 5.41) is 2.90. The molecule has 1 aliphatic carbocycles. The van der Waals surface area contributed by atoms with E-state index >= 15 is 0 Å². The van der Waals surface area contributed by atoms with Crippen LogP contribution in [0.4, 0.5) is 5.69 Å². The van der Waals surface area contributed by atoms with E-state index in [2.05, 4.69) is 12.2 Å². The van der Waals surface area contributed by atoms with Gasteiger partial charge < -0.3 is 10.1 Å². The summed E-state index contributed by atoms with van der Waals surface area (Å²) < 4.78 is 4.78. The highest BCUT2D eigenvalue weighted by Crippen LogP contribution is 2.29. The minimum absolute atomic E-state index is 0.0101. The molecule has 0 aliphatic heterocycles. The highest BCUT2D eigenvalue weighted by molar-refractivity contribution is 6.02. The average Bonchev–Trinajstić information content (AvgIpc) is 2.48. The number of carbonyl (C=O) groups excluding carboxylic acids is 2. The van der Waals surface area contributed by atoms with Crippen LogP contribution in [0.1, 0.15) is 48.5 Å². The number of aryl methyl sites for hydroxylation is 1. The van der Waals surface area contributed by atoms with Crippen LogP contribution in [0.5, 0.6) is 0 Å². The molecule has 1 saturated carbocycles. The van der Waals surface area contributed by atoms with Gasteiger partial charge in [0.25, 0.3) is 0 Å². The maximum atomic E-state index is 12.4. The zero-order valence-corrected chi connectivity index (χ0v) is 12.9. The number of benzene rings is 1. The molecule has 0 radical (unpaired) electrons. The molecule has 4 nitrogen and oxygen atoms in total. The van der Waals surface area contributed by atoms with Gasteiger partial charge in [0.1, 0.15) is 0 Å². The number of methoxy groups -OCH3 is 1. The van der Waals surface area contributed by atoms with Crippen LogP contribution >= 0.6 is 0 Å². The Bertz CT molecular complexity index is 531. The number of amides is 1. The van der Waals surface area contributed by atoms with Crippen LogP contribution in [-0.4, -0.2) is 19.0 Å². The first-order valence-electron chi connectivity index (χ1n) is 7.51. The van der Waals surface area contributed by atoms with Crippen LogP contribution in [0.3, 0.4) is 0 Å². The van der Waals surface area contributed by atoms with Gasteiger partial charge in [-0.2, -0.15) is 0 Å². The second-order valence-corrected chi connectivity index (χ2v) is 5.99. The molecule has 0 atom stereocenters. The number of rotatable bonds is 3. The van der Waals surface area contributed by atoms with Gasteiger partial charge in [-0.1, -0.05) is 18.6 Å². The molecule has 21 heavy (non-hydrogen) atoms. The standard InChI is InChI=1S/C17H23NO3/c1-11-4-7-13(8-5-11)16(19)18-15-9-6-12(2)10-14(15)17(20)21-3/h6,9-11,13H,4-5,7-8H2,1-3H3,(H,18,19). The van der Waals surface area contributed by atoms with E-state index in [-0.39, 0.29) is 11.8 Å². The third-order valence-corrected chi connectivity index (χ3v) is 4.22. The topological polar surface area (TPSA) is 55.4 Å². The van der Waals surface area contributed by atoms with Crippen molar-refractivity contribution < 1.29 is 14.3 Å². The normalized spacial score (nSPS) is 21.7. The quantitative estimate of drug-likeness (QED) is 0.866. The Morgan fingerprint density at radius 3 is 2.48 bits per heavy atom. The van der Waals surface area contributed by atoms with Gasteiger partial charge in [0, 0.05) is 5.92 Å². The largest absolute Gasteiger partial charge is 0.465 e. The van der Waals surface area contributed by atoms with E-state index in [0.29, 0.717) is 17.2 Å². The Morgan fingerprint density at radius 2 is 1.86 bits per heavy atom. The lowest BCUT2D eigenvalue weighted by Gasteiger charge is -2.25. The first kappa shape index (κ1) is 15.5. The molecular weight excluding hydrogens is 266 g/mol. The summed E-state index contributed by atoms with van der Waals surface area (Å²) in [7, 11) is 1.35. The molecule has 4 heteroatoms. The van der Waals surface area contributed by atoms with Gasteiger partial charge in [-0.05, 0) is 50.7 Å². The van der Waals surface area contributed by atoms with E-state index in [1.54, 1.807) is 12.1 Å². The van der Waals surface area contributed by atoms with Gasteiger partial charge in [-0.25, -0.2) is 4.79 Å². The molecule has 0 unspecified atom stereocenters. The number of carbonyl (C=O) groups is 2. The fourth-order valence-electron chi connectivity index (χ4n) is 2.80. The van der Waals surface area contributed by atoms with E-state index in [1.807, 2.05) is 13.0 Å². The zero-order valence-electron chi connectivity index (χ0n) is 12.9. The minimum Gasteiger partial charge on any atom is -0.465 e. The fraction of sp³-hybridized carbons (Fsp3) is 0.529. The average molecular weight is 289 g/mol. The van der Waals surface area contributed by atoms with Gasteiger partial charge in [0.05, 0.1) is 18.4 Å². The summed E-state index contributed by atoms with van der Waals surface area (Å²) in [5.74, 6) is 0.342. The van der Waals surface area contributed by atoms with Crippen molar-refractivity contribution in [1.82, 2.24) is 0 Å². The van der Waals surface area contributed by atoms with Gasteiger partial charge in [0.2, 0.25) is 5.91 Å². The maximum Gasteiger partial charge on any atom is 0.339 e. The summed E-state index contributed by atoms with van der Waals surface area (Å²) in [6, 6.07) is 5.39. The van der Waals surface area contributed by atoms with Crippen molar-refractivity contribution in [1.29, 1.82) is 0 Å². The molecular formula is C17H23NO3. The summed E-state index contributed by atoms with van der Waals surface area (Å²) in [6.07, 6.45) is 4.03. The molecule has 0 aromatic heterocycles. The van der Waals surface area contributed by atoms with Crippen LogP contribution in [0, 0.1) is 18.8 Å². The number of hydrogen-bond donors (Lipinski definition) is 1. The lowest BCUT2D eigenvalue weighted by atomic mass is 9.82. The Hall–Kier alpha value is -1.84. The van der Waals surface area contributed by atoms with Crippen molar-refractivity contribution in [2.45, 2.75) is 39.5 Å². The molecule has 0 bridgehead atoms. The van der Waals surface area contributed by atoms with Crippen LogP contribution in [-0.2, 0) is 9.53 Å². The van der Waals surface area contributed by atoms with E-state index in [9.17, 15) is 9.59 Å². The van der Waals surface area contributed by atoms with Crippen LogP contribution < -0.4 is 5.32 Å². The van der Waals surface area contributed by atoms with Gasteiger partial charge in [0.15, 0.2) is 0 Å². The lowest BCUT2D eigenvalue weighted by molar-refractivity contribution is -0.121. The van der Waals surface area contributed by atoms with Crippen molar-refractivity contribution in [3.63, 3.8) is 0 Å². The molecule has 114 valence electrons. The first-order valence-corrected chi connectivity index (χ1v) is 7.51. The third-order valence-electron chi connectivity index (χ3n) is 4.22. The lowest BCUT2D eigenvalue weighted by Crippen LogP contribution is -2.27. The Morgan fingerprint density at radius 1 is 1.19 bits per heavy atom. The molecule has 1 fully saturated rings. The summed E-state index contributed by atoms with van der Waals surface area (Å²) in [6.45, 7) is 4.13. The van der Waals surface area contributed by atoms with Gasteiger partial charge in [-0.15, -0.1) is 0 Å². The fourth-order valence-corrected chi connectivity index (χ4v) is 2.80. The van der Waals surface area contributed by atoms with Crippen molar-refractivity contribution in [3.8, 4) is 0 Å². The van der Waals surface area contributed by atoms with Crippen molar-refractivity contribution >= 4 is 17.6 Å². The van der Waals surface area contributed by atoms with E-state index in [1.165, 1.54) is 7.11 Å². The van der Waals surface area contributed by atoms with Crippen molar-refractivity contribution in [2.24, 2.45) is 11.8 Å². The van der Waals surface area contributed by atoms with Crippen molar-refractivity contribution in [2.75, 3.05) is 12.4 Å². The SMILES string of the molecule is COC(=O)c1cc(C)ccc1NC(=O)C1CCC(C)CC1. The first-order chi connectivity index (χ1) is 10.0. The van der Waals surface area contributed by atoms with Gasteiger partial charge in [-0.3, -0.25) is 4.79 Å². The number of hydrogen-bond acceptors (Lipinski definition) is 3. The Labute approximate surface area is 125 Å². The highest BCUT2D eigenvalue weighted by Gasteiger charge is 2.25. The molecule has 0 heterocycles. The predicted octanol–water partition coefficient (Wildman–Crippen LogP) is 3.55. The Kier molecular flexibility index (Phi) is 4.99. The zero-order chi connectivity index (χ0) is 15.4. The second kappa shape index (κ2) is 6.74. The van der Waals surface area contributed by atoms with Crippen LogP contribution in [0.15, 0.2) is 18.2 Å². The van der Waals surface area contributed by atoms with Crippen molar-refractivity contribution in [3.05, 3.63) is 29.3 Å². The molecule has 2 rings (SSSR count). The summed E-state index contributed by atoms with van der Waals surface area (Å²) in [5.41, 5.74) is 1.91. The van der Waals surface area contributed by atoms with E-state index < -0.39 is 5.97 Å². The highest BCUT2D eigenvalue weighted by atomic mass is 16.5. The molecule has 1 N–H and O–H groups in total. The summed E-state index contributed by atoms with van der Waals surface area (Å²) in [4.78, 5) is 24.2. The maximum absolute atomic E-state index is 12.4. The second-order valence-electron chi connectivity index (χ2n) is 5.99. The predicted molar refractivity (Wildman–Crippen MR) is 82.3 cm³/mol. The molecule has 0 spiro atoms. The molecule has 1 aliphatic rings. The van der Waals surface area contributed by atoms with Gasteiger partial charge >= 0.3 is 5.97 Å². The summed E-state index contributed by atoms with van der Waals surface area (Å²) >= 11 is 0. The number of esters is 1. The van der Waals surface area contributed by atoms with Crippen LogP contribution in [0.2, 0.25) is 0 Å². The number of ether oxygens (including phenoxy) is 1. The number of anilines is 1. The Balaban J connectivity index is 2.12. The third kappa shape index (κ3) is 3.84. The molecule has 0 saturated heterocycles. The number of nitrogens with one attached hydrogen (secondary N) is 1. The van der Waals surface area contributed by atoms with E-state index in [0.717, 1.165) is 31.2 Å². The molecule has 1 amide bonds. The monoisotopic (exact) mass is 289 g/mol. The van der Waals surface area contributed by atoms with Crippen LogP contribution in [0.25, 0.3) is 0 Å². The smallest absolute Gasteiger partial charge is 0.339 e.